The van der Waals surface area contributed by atoms with Crippen molar-refractivity contribution < 1.29 is 14.3 Å². The second-order valence-electron chi connectivity index (χ2n) is 15.8. The van der Waals surface area contributed by atoms with Crippen molar-refractivity contribution in [3.8, 4) is 33.6 Å². The number of nitrogens with one attached hydrogen (secondary N) is 2. The third-order valence-corrected chi connectivity index (χ3v) is 11.2. The van der Waals surface area contributed by atoms with Crippen molar-refractivity contribution in [3.63, 3.8) is 0 Å². The van der Waals surface area contributed by atoms with E-state index in [1.54, 1.807) is 4.90 Å². The zero-order valence-corrected chi connectivity index (χ0v) is 33.6. The average Bonchev–Trinajstić information content (AvgIpc) is 4.00. The van der Waals surface area contributed by atoms with Crippen LogP contribution >= 0.6 is 11.8 Å². The molecule has 2 aromatic carbocycles. The Hall–Kier alpha value is -4.55. The summed E-state index contributed by atoms with van der Waals surface area (Å²) < 4.78 is 5.62. The fourth-order valence-electron chi connectivity index (χ4n) is 7.26. The lowest BCUT2D eigenvalue weighted by Gasteiger charge is -2.27. The first-order chi connectivity index (χ1) is 25.8. The molecule has 3 atom stereocenters. The number of imidazole rings is 2. The van der Waals surface area contributed by atoms with E-state index in [4.69, 9.17) is 10.5 Å². The average molecular weight is 753 g/mol. The fourth-order valence-corrected chi connectivity index (χ4v) is 7.95. The number of nitrogens with zero attached hydrogens (tertiary/aromatic N) is 5. The number of hydrogen-bond acceptors (Lipinski definition) is 8. The van der Waals surface area contributed by atoms with Crippen LogP contribution in [0.3, 0.4) is 0 Å². The Balaban J connectivity index is 0.000000552. The lowest BCUT2D eigenvalue weighted by molar-refractivity contribution is -0.134. The van der Waals surface area contributed by atoms with Crippen LogP contribution < -0.4 is 5.73 Å². The van der Waals surface area contributed by atoms with Gasteiger partial charge in [0.15, 0.2) is 0 Å². The highest BCUT2D eigenvalue weighted by atomic mass is 32.2. The van der Waals surface area contributed by atoms with Gasteiger partial charge in [-0.15, -0.1) is 11.8 Å². The molecular weight excluding hydrogens is 697 g/mol. The summed E-state index contributed by atoms with van der Waals surface area (Å²) in [6.45, 7) is 12.2. The highest BCUT2D eigenvalue weighted by Gasteiger charge is 2.36. The summed E-state index contributed by atoms with van der Waals surface area (Å²) in [5.74, 6) is 1.68. The van der Waals surface area contributed by atoms with Crippen molar-refractivity contribution in [3.05, 3.63) is 83.7 Å². The smallest absolute Gasteiger partial charge is 0.410 e. The first-order valence-electron chi connectivity index (χ1n) is 19.1. The molecule has 54 heavy (non-hydrogen) atoms. The quantitative estimate of drug-likeness (QED) is 0.163. The zero-order valence-electron chi connectivity index (χ0n) is 32.8. The normalized spacial score (nSPS) is 19.2. The van der Waals surface area contributed by atoms with E-state index in [-0.39, 0.29) is 30.0 Å². The van der Waals surface area contributed by atoms with E-state index in [2.05, 4.69) is 92.7 Å². The number of nitrogens with two attached hydrogens (primary N) is 1. The molecule has 0 saturated carbocycles. The van der Waals surface area contributed by atoms with Gasteiger partial charge in [-0.05, 0) is 87.3 Å². The lowest BCUT2D eigenvalue weighted by atomic mass is 10.0. The van der Waals surface area contributed by atoms with E-state index in [0.29, 0.717) is 13.1 Å². The molecule has 0 bridgehead atoms. The number of amides is 2. The van der Waals surface area contributed by atoms with Gasteiger partial charge in [0, 0.05) is 26.7 Å². The Morgan fingerprint density at radius 2 is 1.30 bits per heavy atom. The van der Waals surface area contributed by atoms with Crippen LogP contribution in [0.5, 0.6) is 0 Å². The number of aromatic nitrogens is 4. The Morgan fingerprint density at radius 1 is 0.815 bits per heavy atom. The van der Waals surface area contributed by atoms with E-state index < -0.39 is 11.6 Å². The van der Waals surface area contributed by atoms with Gasteiger partial charge in [-0.1, -0.05) is 68.5 Å². The Labute approximate surface area is 324 Å². The van der Waals surface area contributed by atoms with Gasteiger partial charge in [-0.25, -0.2) is 14.8 Å². The van der Waals surface area contributed by atoms with Crippen LogP contribution in [0.15, 0.2) is 72.0 Å². The molecular formula is C42H56N8O3S. The number of thioether (sulfide) groups is 1. The summed E-state index contributed by atoms with van der Waals surface area (Å²) in [6.07, 6.45) is 12.6. The van der Waals surface area contributed by atoms with Gasteiger partial charge >= 0.3 is 6.09 Å². The molecule has 4 N–H and O–H groups in total. The number of H-pyrrole nitrogens is 2. The Morgan fingerprint density at radius 3 is 1.72 bits per heavy atom. The van der Waals surface area contributed by atoms with Crippen LogP contribution in [0.25, 0.3) is 33.6 Å². The number of likely N-dealkylation sites (tertiary alicyclic amines) is 2. The molecule has 0 radical (unpaired) electrons. The molecule has 3 aliphatic rings. The minimum atomic E-state index is -0.536. The first kappa shape index (κ1) is 39.2. The molecule has 0 spiro atoms. The van der Waals surface area contributed by atoms with Gasteiger partial charge in [-0.2, -0.15) is 0 Å². The fraction of sp³-hybridized carbons (Fsp3) is 0.476. The van der Waals surface area contributed by atoms with Gasteiger partial charge in [0.05, 0.1) is 46.9 Å². The molecule has 0 unspecified atom stereocenters. The van der Waals surface area contributed by atoms with Gasteiger partial charge in [0.25, 0.3) is 0 Å². The van der Waals surface area contributed by atoms with E-state index >= 15 is 0 Å². The molecule has 288 valence electrons. The number of benzene rings is 2. The Bertz CT molecular complexity index is 1910. The maximum absolute atomic E-state index is 13.0. The van der Waals surface area contributed by atoms with E-state index in [0.717, 1.165) is 71.0 Å². The molecule has 2 aromatic heterocycles. The summed E-state index contributed by atoms with van der Waals surface area (Å²) in [6, 6.07) is 16.1. The van der Waals surface area contributed by atoms with Crippen molar-refractivity contribution in [1.29, 1.82) is 0 Å². The van der Waals surface area contributed by atoms with E-state index in [1.807, 2.05) is 63.7 Å². The maximum atomic E-state index is 13.0. The molecule has 5 heterocycles. The lowest BCUT2D eigenvalue weighted by Crippen LogP contribution is -2.46. The third kappa shape index (κ3) is 9.03. The first-order valence-corrected chi connectivity index (χ1v) is 20.4. The van der Waals surface area contributed by atoms with Crippen LogP contribution in [0, 0.1) is 5.92 Å². The van der Waals surface area contributed by atoms with Gasteiger partial charge in [-0.3, -0.25) is 9.69 Å². The molecule has 0 aliphatic carbocycles. The number of hydrogen-bond donors (Lipinski definition) is 3. The second kappa shape index (κ2) is 16.9. The highest BCUT2D eigenvalue weighted by molar-refractivity contribution is 8.02. The van der Waals surface area contributed by atoms with Crippen molar-refractivity contribution >= 4 is 23.8 Å². The topological polar surface area (TPSA) is 136 Å². The van der Waals surface area contributed by atoms with Crippen molar-refractivity contribution in [2.45, 2.75) is 90.4 Å². The predicted molar refractivity (Wildman–Crippen MR) is 217 cm³/mol. The molecule has 2 fully saturated rings. The summed E-state index contributed by atoms with van der Waals surface area (Å²) in [7, 11) is 2.13. The number of carbonyl (C=O) groups excluding carboxylic acids is 2. The largest absolute Gasteiger partial charge is 0.444 e. The summed E-state index contributed by atoms with van der Waals surface area (Å²) in [5.41, 5.74) is 11.8. The number of aromatic amines is 2. The predicted octanol–water partition coefficient (Wildman–Crippen LogP) is 8.38. The third-order valence-electron chi connectivity index (χ3n) is 10.3. The van der Waals surface area contributed by atoms with Crippen LogP contribution in [0.1, 0.15) is 90.5 Å². The molecule has 12 heteroatoms. The molecule has 11 nitrogen and oxygen atoms in total. The van der Waals surface area contributed by atoms with E-state index in [1.165, 1.54) is 18.0 Å². The van der Waals surface area contributed by atoms with Crippen molar-refractivity contribution in [1.82, 2.24) is 34.6 Å². The molecule has 2 saturated heterocycles. The Kier molecular flexibility index (Phi) is 12.2. The number of rotatable bonds is 8. The summed E-state index contributed by atoms with van der Waals surface area (Å²) in [5, 5.41) is 1.42. The highest BCUT2D eigenvalue weighted by Crippen LogP contribution is 2.35. The summed E-state index contributed by atoms with van der Waals surface area (Å²) >= 11 is 1.83. The van der Waals surface area contributed by atoms with Crippen molar-refractivity contribution in [2.75, 3.05) is 32.9 Å². The van der Waals surface area contributed by atoms with Gasteiger partial charge < -0.3 is 30.2 Å². The standard InChI is InChI=1S/C36H45N7O3.C6H11NS/c1-22(2)31(37)34(44)42-18-6-8-29(42)32-38-20-27(40-32)25-14-10-23(11-15-25)24-12-16-26(17-13-24)28-21-39-33(41-28)30-9-7-19-43(30)35(45)46-36(3,4)5;1-7-5-3-4-6(7)8-2/h10-17,20-22,29-31H,6-9,18-19,37H2,1-5H3,(H,38,40)(H,39,41);4H,3,5H2,1-2H3/t29-,30+,31-;/m0./s1. The van der Waals surface area contributed by atoms with E-state index in [9.17, 15) is 9.59 Å². The molecule has 4 aromatic rings. The zero-order chi connectivity index (χ0) is 38.6. The summed E-state index contributed by atoms with van der Waals surface area (Å²) in [4.78, 5) is 47.9. The number of ether oxygens (including phenoxy) is 1. The maximum Gasteiger partial charge on any atom is 0.410 e. The van der Waals surface area contributed by atoms with Crippen LogP contribution in [-0.2, 0) is 9.53 Å². The molecule has 7 rings (SSSR count). The monoisotopic (exact) mass is 752 g/mol. The van der Waals surface area contributed by atoms with Gasteiger partial charge in [0.1, 0.15) is 17.2 Å². The second-order valence-corrected chi connectivity index (χ2v) is 16.6. The molecule has 2 amide bonds. The minimum absolute atomic E-state index is 0.00236. The van der Waals surface area contributed by atoms with Crippen molar-refractivity contribution in [2.24, 2.45) is 11.7 Å². The van der Waals surface area contributed by atoms with Gasteiger partial charge in [0.2, 0.25) is 5.91 Å². The molecule has 3 aliphatic heterocycles. The van der Waals surface area contributed by atoms with Crippen LogP contribution in [-0.4, -0.2) is 91.2 Å². The van der Waals surface area contributed by atoms with Crippen LogP contribution in [0.4, 0.5) is 4.79 Å². The SMILES string of the molecule is CC(C)[C@H](N)C(=O)N1CCC[C@H]1c1ncc(-c2ccc(-c3ccc(-c4cnc([C@H]5CCCN5C(=O)OC(C)(C)C)[nH]4)cc3)cc2)[nH]1.CSC1=CCCN1C. The minimum Gasteiger partial charge on any atom is -0.444 e. The number of carbonyl (C=O) groups is 2. The van der Waals surface area contributed by atoms with Crippen LogP contribution in [0.2, 0.25) is 0 Å².